The Labute approximate surface area is 135 Å². The fourth-order valence-electron chi connectivity index (χ4n) is 1.85. The summed E-state index contributed by atoms with van der Waals surface area (Å²) in [7, 11) is 1.44. The van der Waals surface area contributed by atoms with Crippen LogP contribution in [-0.4, -0.2) is 13.1 Å². The number of amides is 2. The molecule has 0 saturated heterocycles. The SMILES string of the molecule is COc1ccccc1NC(=O)Nc1ccc(Cl)c(C(F)(F)F)c1. The van der Waals surface area contributed by atoms with Gasteiger partial charge in [0, 0.05) is 5.69 Å². The third kappa shape index (κ3) is 4.29. The summed E-state index contributed by atoms with van der Waals surface area (Å²) in [5.41, 5.74) is -0.666. The molecule has 2 rings (SSSR count). The zero-order valence-electron chi connectivity index (χ0n) is 11.9. The Balaban J connectivity index is 2.15. The molecule has 122 valence electrons. The lowest BCUT2D eigenvalue weighted by molar-refractivity contribution is -0.137. The predicted octanol–water partition coefficient (Wildman–Crippen LogP) is 5.01. The van der Waals surface area contributed by atoms with E-state index >= 15 is 0 Å². The Bertz CT molecular complexity index is 720. The summed E-state index contributed by atoms with van der Waals surface area (Å²) in [6, 6.07) is 9.05. The predicted molar refractivity (Wildman–Crippen MR) is 82.1 cm³/mol. The first kappa shape index (κ1) is 17.0. The third-order valence-electron chi connectivity index (χ3n) is 2.88. The zero-order valence-corrected chi connectivity index (χ0v) is 12.6. The molecule has 0 aliphatic rings. The van der Waals surface area contributed by atoms with Crippen LogP contribution in [0.3, 0.4) is 0 Å². The van der Waals surface area contributed by atoms with Gasteiger partial charge in [-0.05, 0) is 30.3 Å². The highest BCUT2D eigenvalue weighted by atomic mass is 35.5. The number of benzene rings is 2. The molecule has 2 aromatic carbocycles. The van der Waals surface area contributed by atoms with Crippen LogP contribution in [0.25, 0.3) is 0 Å². The number of anilines is 2. The maximum absolute atomic E-state index is 12.8. The molecule has 23 heavy (non-hydrogen) atoms. The minimum Gasteiger partial charge on any atom is -0.495 e. The molecule has 0 fully saturated rings. The van der Waals surface area contributed by atoms with Gasteiger partial charge in [-0.3, -0.25) is 0 Å². The van der Waals surface area contributed by atoms with Crippen LogP contribution in [-0.2, 0) is 6.18 Å². The van der Waals surface area contributed by atoms with Crippen LogP contribution in [0.5, 0.6) is 5.75 Å². The van der Waals surface area contributed by atoms with Crippen molar-refractivity contribution in [3.05, 3.63) is 53.1 Å². The molecule has 0 radical (unpaired) electrons. The van der Waals surface area contributed by atoms with Gasteiger partial charge in [0.1, 0.15) is 5.75 Å². The van der Waals surface area contributed by atoms with Crippen LogP contribution in [0.1, 0.15) is 5.56 Å². The molecule has 0 saturated carbocycles. The highest BCUT2D eigenvalue weighted by Gasteiger charge is 2.33. The van der Waals surface area contributed by atoms with E-state index in [9.17, 15) is 18.0 Å². The van der Waals surface area contributed by atoms with E-state index < -0.39 is 22.8 Å². The summed E-state index contributed by atoms with van der Waals surface area (Å²) in [6.45, 7) is 0. The van der Waals surface area contributed by atoms with E-state index in [-0.39, 0.29) is 5.69 Å². The van der Waals surface area contributed by atoms with Crippen LogP contribution in [0, 0.1) is 0 Å². The fraction of sp³-hybridized carbons (Fsp3) is 0.133. The second kappa shape index (κ2) is 6.78. The number of para-hydroxylation sites is 2. The van der Waals surface area contributed by atoms with Crippen molar-refractivity contribution < 1.29 is 22.7 Å². The van der Waals surface area contributed by atoms with Crippen molar-refractivity contribution in [2.75, 3.05) is 17.7 Å². The second-order valence-corrected chi connectivity index (χ2v) is 4.88. The van der Waals surface area contributed by atoms with Crippen molar-refractivity contribution in [1.29, 1.82) is 0 Å². The van der Waals surface area contributed by atoms with Gasteiger partial charge >= 0.3 is 12.2 Å². The number of urea groups is 1. The largest absolute Gasteiger partial charge is 0.495 e. The van der Waals surface area contributed by atoms with Crippen molar-refractivity contribution in [2.45, 2.75) is 6.18 Å². The monoisotopic (exact) mass is 344 g/mol. The van der Waals surface area contributed by atoms with Crippen molar-refractivity contribution in [2.24, 2.45) is 0 Å². The number of hydrogen-bond acceptors (Lipinski definition) is 2. The first-order valence-electron chi connectivity index (χ1n) is 6.39. The van der Waals surface area contributed by atoms with Gasteiger partial charge in [-0.25, -0.2) is 4.79 Å². The van der Waals surface area contributed by atoms with Crippen molar-refractivity contribution in [1.82, 2.24) is 0 Å². The van der Waals surface area contributed by atoms with E-state index in [4.69, 9.17) is 16.3 Å². The topological polar surface area (TPSA) is 50.4 Å². The second-order valence-electron chi connectivity index (χ2n) is 4.47. The number of hydrogen-bond donors (Lipinski definition) is 2. The van der Waals surface area contributed by atoms with Crippen LogP contribution < -0.4 is 15.4 Å². The summed E-state index contributed by atoms with van der Waals surface area (Å²) < 4.78 is 43.4. The maximum Gasteiger partial charge on any atom is 0.417 e. The molecule has 2 N–H and O–H groups in total. The van der Waals surface area contributed by atoms with Gasteiger partial charge < -0.3 is 15.4 Å². The van der Waals surface area contributed by atoms with Crippen molar-refractivity contribution in [3.8, 4) is 5.75 Å². The van der Waals surface area contributed by atoms with Gasteiger partial charge in [0.2, 0.25) is 0 Å². The zero-order chi connectivity index (χ0) is 17.0. The molecule has 0 aliphatic heterocycles. The number of halogens is 4. The Morgan fingerprint density at radius 1 is 1.13 bits per heavy atom. The standard InChI is InChI=1S/C15H12ClF3N2O2/c1-23-13-5-3-2-4-12(13)21-14(22)20-9-6-7-11(16)10(8-9)15(17,18)19/h2-8H,1H3,(H2,20,21,22). The smallest absolute Gasteiger partial charge is 0.417 e. The van der Waals surface area contributed by atoms with Crippen LogP contribution in [0.2, 0.25) is 5.02 Å². The average Bonchev–Trinajstić information content (AvgIpc) is 2.48. The minimum atomic E-state index is -4.60. The molecule has 0 heterocycles. The summed E-state index contributed by atoms with van der Waals surface area (Å²) in [5.74, 6) is 0.426. The molecule has 8 heteroatoms. The molecule has 2 amide bonds. The van der Waals surface area contributed by atoms with Crippen molar-refractivity contribution in [3.63, 3.8) is 0 Å². The summed E-state index contributed by atoms with van der Waals surface area (Å²) in [4.78, 5) is 11.9. The van der Waals surface area contributed by atoms with Gasteiger partial charge in [0.05, 0.1) is 23.4 Å². The molecule has 0 aromatic heterocycles. The molecular weight excluding hydrogens is 333 g/mol. The van der Waals surface area contributed by atoms with E-state index in [0.717, 1.165) is 12.1 Å². The minimum absolute atomic E-state index is 0.0332. The third-order valence-corrected chi connectivity index (χ3v) is 3.21. The molecule has 4 nitrogen and oxygen atoms in total. The lowest BCUT2D eigenvalue weighted by atomic mass is 10.2. The van der Waals surface area contributed by atoms with E-state index in [1.54, 1.807) is 24.3 Å². The van der Waals surface area contributed by atoms with Crippen LogP contribution in [0.15, 0.2) is 42.5 Å². The molecule has 0 spiro atoms. The van der Waals surface area contributed by atoms with E-state index in [2.05, 4.69) is 10.6 Å². The average molecular weight is 345 g/mol. The number of rotatable bonds is 3. The first-order valence-corrected chi connectivity index (χ1v) is 6.77. The van der Waals surface area contributed by atoms with Crippen LogP contribution in [0.4, 0.5) is 29.3 Å². The molecule has 0 bridgehead atoms. The normalized spacial score (nSPS) is 11.0. The van der Waals surface area contributed by atoms with Gasteiger partial charge in [0.15, 0.2) is 0 Å². The number of ether oxygens (including phenoxy) is 1. The van der Waals surface area contributed by atoms with E-state index in [1.807, 2.05) is 0 Å². The first-order chi connectivity index (χ1) is 10.8. The number of nitrogens with one attached hydrogen (secondary N) is 2. The molecule has 0 unspecified atom stereocenters. The summed E-state index contributed by atoms with van der Waals surface area (Å²) >= 11 is 5.52. The number of carbonyl (C=O) groups excluding carboxylic acids is 1. The maximum atomic E-state index is 12.8. The van der Waals surface area contributed by atoms with E-state index in [0.29, 0.717) is 11.4 Å². The van der Waals surface area contributed by atoms with Crippen LogP contribution >= 0.6 is 11.6 Å². The molecular formula is C15H12ClF3N2O2. The highest BCUT2D eigenvalue weighted by molar-refractivity contribution is 6.31. The number of carbonyl (C=O) groups is 1. The van der Waals surface area contributed by atoms with Crippen molar-refractivity contribution >= 4 is 29.0 Å². The molecule has 0 aliphatic carbocycles. The van der Waals surface area contributed by atoms with Gasteiger partial charge in [0.25, 0.3) is 0 Å². The highest BCUT2D eigenvalue weighted by Crippen LogP contribution is 2.36. The molecule has 2 aromatic rings. The number of alkyl halides is 3. The Morgan fingerprint density at radius 3 is 2.48 bits per heavy atom. The van der Waals surface area contributed by atoms with E-state index in [1.165, 1.54) is 13.2 Å². The fourth-order valence-corrected chi connectivity index (χ4v) is 2.08. The summed E-state index contributed by atoms with van der Waals surface area (Å²) in [5, 5.41) is 4.37. The Kier molecular flexibility index (Phi) is 5.00. The quantitative estimate of drug-likeness (QED) is 0.822. The lowest BCUT2D eigenvalue weighted by Crippen LogP contribution is -2.20. The Morgan fingerprint density at radius 2 is 1.83 bits per heavy atom. The van der Waals surface area contributed by atoms with Gasteiger partial charge in [-0.1, -0.05) is 23.7 Å². The van der Waals surface area contributed by atoms with Gasteiger partial charge in [-0.2, -0.15) is 13.2 Å². The Hall–Kier alpha value is -2.41. The summed E-state index contributed by atoms with van der Waals surface area (Å²) in [6.07, 6.45) is -4.60. The lowest BCUT2D eigenvalue weighted by Gasteiger charge is -2.13. The molecule has 0 atom stereocenters. The van der Waals surface area contributed by atoms with Gasteiger partial charge in [-0.15, -0.1) is 0 Å². The number of methoxy groups -OCH3 is 1.